The van der Waals surface area contributed by atoms with Crippen LogP contribution in [0.15, 0.2) is 43.0 Å². The molecule has 3 aromatic rings. The Morgan fingerprint density at radius 3 is 2.83 bits per heavy atom. The Bertz CT molecular complexity index is 661. The summed E-state index contributed by atoms with van der Waals surface area (Å²) in [5, 5.41) is 12.3. The van der Waals surface area contributed by atoms with E-state index < -0.39 is 0 Å². The van der Waals surface area contributed by atoms with Crippen molar-refractivity contribution in [3.05, 3.63) is 48.5 Å². The predicted octanol–water partition coefficient (Wildman–Crippen LogP) is 1.43. The average molecular weight is 238 g/mol. The molecule has 0 bridgehead atoms. The maximum Gasteiger partial charge on any atom is 0.206 e. The molecule has 0 unspecified atom stereocenters. The Morgan fingerprint density at radius 2 is 2.06 bits per heavy atom. The molecule has 0 atom stereocenters. The van der Waals surface area contributed by atoms with Crippen LogP contribution in [0.4, 0.5) is 0 Å². The summed E-state index contributed by atoms with van der Waals surface area (Å²) in [7, 11) is 0. The third kappa shape index (κ3) is 1.95. The van der Waals surface area contributed by atoms with E-state index in [2.05, 4.69) is 25.4 Å². The molecule has 0 aliphatic carbocycles. The SMILES string of the molecule is Cc1cncc(-n2nnc(-c3cccnc3)n2)c1. The molecule has 6 heteroatoms. The normalized spacial score (nSPS) is 10.5. The number of pyridine rings is 2. The van der Waals surface area contributed by atoms with Gasteiger partial charge in [0.15, 0.2) is 0 Å². The van der Waals surface area contributed by atoms with Crippen LogP contribution in [-0.2, 0) is 0 Å². The molecule has 3 aromatic heterocycles. The molecule has 88 valence electrons. The number of nitrogens with zero attached hydrogens (tertiary/aromatic N) is 6. The molecule has 0 N–H and O–H groups in total. The quantitative estimate of drug-likeness (QED) is 0.675. The lowest BCUT2D eigenvalue weighted by atomic mass is 10.3. The van der Waals surface area contributed by atoms with Crippen molar-refractivity contribution in [2.45, 2.75) is 6.92 Å². The molecule has 0 saturated carbocycles. The fourth-order valence-corrected chi connectivity index (χ4v) is 1.58. The van der Waals surface area contributed by atoms with Gasteiger partial charge in [0.25, 0.3) is 0 Å². The Hall–Kier alpha value is -2.63. The van der Waals surface area contributed by atoms with Gasteiger partial charge in [0, 0.05) is 24.2 Å². The fraction of sp³-hybridized carbons (Fsp3) is 0.0833. The lowest BCUT2D eigenvalue weighted by molar-refractivity contribution is 0.716. The van der Waals surface area contributed by atoms with Crippen molar-refractivity contribution in [3.8, 4) is 17.1 Å². The van der Waals surface area contributed by atoms with Crippen LogP contribution >= 0.6 is 0 Å². The Kier molecular flexibility index (Phi) is 2.53. The molecule has 0 fully saturated rings. The second-order valence-corrected chi connectivity index (χ2v) is 3.86. The van der Waals surface area contributed by atoms with Crippen molar-refractivity contribution in [2.24, 2.45) is 0 Å². The molecule has 0 radical (unpaired) electrons. The van der Waals surface area contributed by atoms with Gasteiger partial charge < -0.3 is 0 Å². The summed E-state index contributed by atoms with van der Waals surface area (Å²) in [6.45, 7) is 1.97. The molecule has 18 heavy (non-hydrogen) atoms. The second kappa shape index (κ2) is 4.33. The summed E-state index contributed by atoms with van der Waals surface area (Å²) in [6, 6.07) is 5.68. The van der Waals surface area contributed by atoms with Crippen molar-refractivity contribution in [2.75, 3.05) is 0 Å². The zero-order chi connectivity index (χ0) is 12.4. The van der Waals surface area contributed by atoms with Crippen molar-refractivity contribution in [1.29, 1.82) is 0 Å². The Balaban J connectivity index is 2.00. The summed E-state index contributed by atoms with van der Waals surface area (Å²) in [5.41, 5.74) is 2.68. The van der Waals surface area contributed by atoms with Crippen LogP contribution in [0, 0.1) is 6.92 Å². The third-order valence-corrected chi connectivity index (χ3v) is 2.42. The van der Waals surface area contributed by atoms with E-state index in [0.717, 1.165) is 16.8 Å². The summed E-state index contributed by atoms with van der Waals surface area (Å²) in [4.78, 5) is 9.59. The molecule has 0 aromatic carbocycles. The van der Waals surface area contributed by atoms with Crippen LogP contribution in [0.1, 0.15) is 5.56 Å². The van der Waals surface area contributed by atoms with E-state index in [-0.39, 0.29) is 0 Å². The number of aryl methyl sites for hydroxylation is 1. The smallest absolute Gasteiger partial charge is 0.206 e. The number of hydrogen-bond acceptors (Lipinski definition) is 5. The minimum Gasteiger partial charge on any atom is -0.264 e. The lowest BCUT2D eigenvalue weighted by Crippen LogP contribution is -2.00. The van der Waals surface area contributed by atoms with Crippen molar-refractivity contribution < 1.29 is 0 Å². The van der Waals surface area contributed by atoms with E-state index in [1.54, 1.807) is 24.8 Å². The highest BCUT2D eigenvalue weighted by Crippen LogP contribution is 2.12. The first-order chi connectivity index (χ1) is 8.83. The Labute approximate surface area is 103 Å². The molecule has 3 rings (SSSR count). The van der Waals surface area contributed by atoms with Crippen molar-refractivity contribution >= 4 is 0 Å². The van der Waals surface area contributed by atoms with E-state index in [4.69, 9.17) is 0 Å². The third-order valence-electron chi connectivity index (χ3n) is 2.42. The molecule has 0 aliphatic heterocycles. The Morgan fingerprint density at radius 1 is 1.11 bits per heavy atom. The summed E-state index contributed by atoms with van der Waals surface area (Å²) >= 11 is 0. The summed E-state index contributed by atoms with van der Waals surface area (Å²) in [5.74, 6) is 0.546. The number of rotatable bonds is 2. The molecule has 0 aliphatic rings. The zero-order valence-corrected chi connectivity index (χ0v) is 9.72. The van der Waals surface area contributed by atoms with Crippen molar-refractivity contribution in [3.63, 3.8) is 0 Å². The average Bonchev–Trinajstić information content (AvgIpc) is 2.89. The molecule has 0 saturated heterocycles. The maximum absolute atomic E-state index is 4.31. The molecule has 0 spiro atoms. The lowest BCUT2D eigenvalue weighted by Gasteiger charge is -1.98. The highest BCUT2D eigenvalue weighted by molar-refractivity contribution is 5.51. The van der Waals surface area contributed by atoms with Crippen LogP contribution in [0.5, 0.6) is 0 Å². The van der Waals surface area contributed by atoms with Gasteiger partial charge in [-0.15, -0.1) is 15.0 Å². The van der Waals surface area contributed by atoms with Gasteiger partial charge in [0.1, 0.15) is 5.69 Å². The van der Waals surface area contributed by atoms with E-state index in [0.29, 0.717) is 5.82 Å². The van der Waals surface area contributed by atoms with Crippen molar-refractivity contribution in [1.82, 2.24) is 30.2 Å². The van der Waals surface area contributed by atoms with Gasteiger partial charge in [-0.1, -0.05) is 0 Å². The number of tetrazole rings is 1. The summed E-state index contributed by atoms with van der Waals surface area (Å²) in [6.07, 6.45) is 6.89. The maximum atomic E-state index is 4.31. The standard InChI is InChI=1S/C12H10N6/c1-9-5-11(8-14-6-9)18-16-12(15-17-18)10-3-2-4-13-7-10/h2-8H,1H3. The van der Waals surface area contributed by atoms with E-state index in [1.807, 2.05) is 25.1 Å². The highest BCUT2D eigenvalue weighted by Gasteiger charge is 2.07. The zero-order valence-electron chi connectivity index (χ0n) is 9.72. The van der Waals surface area contributed by atoms with Crippen LogP contribution in [0.2, 0.25) is 0 Å². The topological polar surface area (TPSA) is 69.4 Å². The van der Waals surface area contributed by atoms with Crippen LogP contribution < -0.4 is 0 Å². The minimum absolute atomic E-state index is 0.546. The van der Waals surface area contributed by atoms with E-state index in [1.165, 1.54) is 4.80 Å². The van der Waals surface area contributed by atoms with Gasteiger partial charge in [-0.2, -0.15) is 0 Å². The first-order valence-corrected chi connectivity index (χ1v) is 5.45. The van der Waals surface area contributed by atoms with Gasteiger partial charge >= 0.3 is 0 Å². The summed E-state index contributed by atoms with van der Waals surface area (Å²) < 4.78 is 0. The molecular weight excluding hydrogens is 228 g/mol. The van der Waals surface area contributed by atoms with Crippen LogP contribution in [0.25, 0.3) is 17.1 Å². The van der Waals surface area contributed by atoms with Gasteiger partial charge in [-0.05, 0) is 35.9 Å². The first-order valence-electron chi connectivity index (χ1n) is 5.45. The number of hydrogen-bond donors (Lipinski definition) is 0. The first kappa shape index (κ1) is 10.5. The minimum atomic E-state index is 0.546. The molecule has 6 nitrogen and oxygen atoms in total. The van der Waals surface area contributed by atoms with E-state index in [9.17, 15) is 0 Å². The number of aromatic nitrogens is 6. The fourth-order valence-electron chi connectivity index (χ4n) is 1.58. The predicted molar refractivity (Wildman–Crippen MR) is 64.9 cm³/mol. The van der Waals surface area contributed by atoms with Gasteiger partial charge in [0.2, 0.25) is 5.82 Å². The van der Waals surface area contributed by atoms with Gasteiger partial charge in [0.05, 0.1) is 6.20 Å². The van der Waals surface area contributed by atoms with Crippen LogP contribution in [-0.4, -0.2) is 30.2 Å². The molecule has 3 heterocycles. The highest BCUT2D eigenvalue weighted by atomic mass is 15.6. The van der Waals surface area contributed by atoms with Gasteiger partial charge in [-0.25, -0.2) is 0 Å². The largest absolute Gasteiger partial charge is 0.264 e. The second-order valence-electron chi connectivity index (χ2n) is 3.86. The molecular formula is C12H10N6. The van der Waals surface area contributed by atoms with E-state index >= 15 is 0 Å². The molecule has 0 amide bonds. The van der Waals surface area contributed by atoms with Gasteiger partial charge in [-0.3, -0.25) is 9.97 Å². The monoisotopic (exact) mass is 238 g/mol. The van der Waals surface area contributed by atoms with Crippen LogP contribution in [0.3, 0.4) is 0 Å².